The van der Waals surface area contributed by atoms with Gasteiger partial charge in [0, 0.05) is 36.9 Å². The fraction of sp³-hybridized carbons (Fsp3) is 0.766. The van der Waals surface area contributed by atoms with Gasteiger partial charge < -0.3 is 14.7 Å². The third-order valence-corrected chi connectivity index (χ3v) is 16.2. The van der Waals surface area contributed by atoms with Crippen LogP contribution in [0.2, 0.25) is 0 Å². The number of carbonyl (C=O) groups is 3. The van der Waals surface area contributed by atoms with Gasteiger partial charge >= 0.3 is 11.9 Å². The van der Waals surface area contributed by atoms with Crippen molar-refractivity contribution in [3.63, 3.8) is 0 Å². The molecule has 8 atom stereocenters. The van der Waals surface area contributed by atoms with Gasteiger partial charge in [-0.05, 0) is 144 Å². The Bertz CT molecular complexity index is 1600. The molecular weight excluding hydrogens is 673 g/mol. The minimum atomic E-state index is -1.14. The van der Waals surface area contributed by atoms with Crippen molar-refractivity contribution in [2.24, 2.45) is 56.7 Å². The second kappa shape index (κ2) is 15.1. The number of hydrogen-bond donors (Lipinski definition) is 1. The quantitative estimate of drug-likeness (QED) is 0.202. The second-order valence-electron chi connectivity index (χ2n) is 20.9. The first-order valence-electron chi connectivity index (χ1n) is 21.4. The Morgan fingerprint density at radius 1 is 0.889 bits per heavy atom. The van der Waals surface area contributed by atoms with Crippen LogP contribution in [0.5, 0.6) is 0 Å². The fourth-order valence-corrected chi connectivity index (χ4v) is 13.2. The van der Waals surface area contributed by atoms with E-state index in [1.54, 1.807) is 19.4 Å². The second-order valence-corrected chi connectivity index (χ2v) is 20.9. The number of ether oxygens (including phenoxy) is 1. The highest BCUT2D eigenvalue weighted by atomic mass is 16.5. The smallest absolute Gasteiger partial charge is 0.309 e. The lowest BCUT2D eigenvalue weighted by molar-refractivity contribution is -0.204. The molecular formula is C47H72N2O5. The van der Waals surface area contributed by atoms with Crippen LogP contribution in [0.1, 0.15) is 132 Å². The Labute approximate surface area is 327 Å². The maximum Gasteiger partial charge on any atom is 0.309 e. The SMILES string of the molecule is CC(C)C1=C2[C@H]3CCC4[C@@H](CCC5C(C)(C)[C@@H](OC(=O)CC(C)(C)C(=O)O)CC[C@]45C)[C@]3(C)CC[C@@]2(CCN(CCN(C)C)Cc2ccccc2)CC1=O. The number of benzene rings is 1. The van der Waals surface area contributed by atoms with Crippen LogP contribution in [-0.2, 0) is 25.7 Å². The lowest BCUT2D eigenvalue weighted by Gasteiger charge is -2.68. The van der Waals surface area contributed by atoms with E-state index < -0.39 is 17.4 Å². The number of carbonyl (C=O) groups excluding carboxylic acids is 2. The molecule has 2 unspecified atom stereocenters. The first-order valence-corrected chi connectivity index (χ1v) is 21.4. The third kappa shape index (κ3) is 7.39. The van der Waals surface area contributed by atoms with Gasteiger partial charge in [0.25, 0.3) is 0 Å². The van der Waals surface area contributed by atoms with Crippen LogP contribution in [0.4, 0.5) is 0 Å². The van der Waals surface area contributed by atoms with Crippen LogP contribution in [0.3, 0.4) is 0 Å². The van der Waals surface area contributed by atoms with Gasteiger partial charge in [-0.1, -0.05) is 77.4 Å². The molecule has 4 fully saturated rings. The fourth-order valence-electron chi connectivity index (χ4n) is 13.2. The summed E-state index contributed by atoms with van der Waals surface area (Å²) in [6, 6.07) is 10.9. The Kier molecular flexibility index (Phi) is 11.5. The number of esters is 1. The zero-order valence-corrected chi connectivity index (χ0v) is 35.4. The maximum absolute atomic E-state index is 14.2. The Balaban J connectivity index is 1.23. The van der Waals surface area contributed by atoms with Gasteiger partial charge in [0.15, 0.2) is 5.78 Å². The van der Waals surface area contributed by atoms with Crippen molar-refractivity contribution in [2.75, 3.05) is 33.7 Å². The van der Waals surface area contributed by atoms with E-state index in [9.17, 15) is 19.5 Å². The summed E-state index contributed by atoms with van der Waals surface area (Å²) in [4.78, 5) is 44.0. The topological polar surface area (TPSA) is 87.2 Å². The van der Waals surface area contributed by atoms with E-state index in [2.05, 4.69) is 95.8 Å². The molecule has 1 N–H and O–H groups in total. The summed E-state index contributed by atoms with van der Waals surface area (Å²) in [7, 11) is 4.31. The zero-order chi connectivity index (χ0) is 39.4. The van der Waals surface area contributed by atoms with Crippen molar-refractivity contribution in [1.82, 2.24) is 9.80 Å². The van der Waals surface area contributed by atoms with Gasteiger partial charge in [0.1, 0.15) is 6.10 Å². The maximum atomic E-state index is 14.2. The van der Waals surface area contributed by atoms with Crippen molar-refractivity contribution in [2.45, 2.75) is 139 Å². The van der Waals surface area contributed by atoms with Crippen LogP contribution < -0.4 is 0 Å². The first kappa shape index (κ1) is 41.1. The lowest BCUT2D eigenvalue weighted by atomic mass is 9.37. The van der Waals surface area contributed by atoms with E-state index in [-0.39, 0.29) is 40.1 Å². The summed E-state index contributed by atoms with van der Waals surface area (Å²) in [6.07, 6.45) is 10.3. The number of aliphatic carboxylic acids is 1. The minimum Gasteiger partial charge on any atom is -0.481 e. The van der Waals surface area contributed by atoms with E-state index in [1.165, 1.54) is 30.4 Å². The highest BCUT2D eigenvalue weighted by Gasteiger charge is 2.66. The van der Waals surface area contributed by atoms with Gasteiger partial charge in [-0.2, -0.15) is 0 Å². The largest absolute Gasteiger partial charge is 0.481 e. The van der Waals surface area contributed by atoms with Crippen LogP contribution in [-0.4, -0.2) is 72.5 Å². The number of Topliss-reactive ketones (excluding diaryl/α,β-unsaturated/α-hetero) is 1. The van der Waals surface area contributed by atoms with Crippen molar-refractivity contribution >= 4 is 17.7 Å². The standard InChI is InChI=1S/C47H72N2O5/c1-31(2)40-36(50)28-47(24-25-49(27-26-48(9)10)30-32-14-12-11-13-15-32)23-22-45(7)33-18-19-37-44(5,6)38(54-39(51)29-43(3,4)42(52)53)20-21-46(37,8)34(33)16-17-35(45)41(40)47/h11-15,31,33-35,37-38H,16-30H2,1-10H3,(H,52,53)/t33-,34?,35-,37?,38+,45+,46-,47-/m1/s1. The summed E-state index contributed by atoms with van der Waals surface area (Å²) in [5.74, 6) is 1.43. The average molecular weight is 745 g/mol. The number of ketones is 1. The number of carboxylic acid groups (broad SMARTS) is 1. The molecule has 7 heteroatoms. The molecule has 0 bridgehead atoms. The zero-order valence-electron chi connectivity index (χ0n) is 35.4. The molecule has 300 valence electrons. The van der Waals surface area contributed by atoms with E-state index in [1.807, 2.05) is 0 Å². The summed E-state index contributed by atoms with van der Waals surface area (Å²) < 4.78 is 6.18. The molecule has 1 aromatic carbocycles. The molecule has 1 aromatic rings. The van der Waals surface area contributed by atoms with Crippen LogP contribution in [0, 0.1) is 56.7 Å². The normalized spacial score (nSPS) is 34.8. The number of rotatable bonds is 13. The minimum absolute atomic E-state index is 0.0268. The van der Waals surface area contributed by atoms with E-state index in [0.717, 1.165) is 64.7 Å². The molecule has 0 saturated heterocycles. The average Bonchev–Trinajstić information content (AvgIpc) is 3.39. The Morgan fingerprint density at radius 3 is 2.20 bits per heavy atom. The van der Waals surface area contributed by atoms with Gasteiger partial charge in [0.05, 0.1) is 11.8 Å². The number of allylic oxidation sites excluding steroid dienone is 2. The number of carboxylic acids is 1. The summed E-state index contributed by atoms with van der Waals surface area (Å²) in [5, 5.41) is 9.62. The van der Waals surface area contributed by atoms with E-state index in [4.69, 9.17) is 4.74 Å². The number of fused-ring (bicyclic) bond motifs is 7. The van der Waals surface area contributed by atoms with E-state index >= 15 is 0 Å². The molecule has 4 saturated carbocycles. The lowest BCUT2D eigenvalue weighted by Crippen LogP contribution is -2.62. The molecule has 0 aromatic heterocycles. The van der Waals surface area contributed by atoms with Crippen LogP contribution in [0.25, 0.3) is 0 Å². The number of nitrogens with zero attached hydrogens (tertiary/aromatic N) is 2. The summed E-state index contributed by atoms with van der Waals surface area (Å²) >= 11 is 0. The molecule has 54 heavy (non-hydrogen) atoms. The monoisotopic (exact) mass is 745 g/mol. The highest BCUT2D eigenvalue weighted by Crippen LogP contribution is 2.73. The van der Waals surface area contributed by atoms with Gasteiger partial charge in [-0.3, -0.25) is 19.3 Å². The molecule has 0 radical (unpaired) electrons. The van der Waals surface area contributed by atoms with Crippen molar-refractivity contribution in [3.05, 3.63) is 47.0 Å². The van der Waals surface area contributed by atoms with Gasteiger partial charge in [0.2, 0.25) is 0 Å². The Morgan fingerprint density at radius 2 is 1.56 bits per heavy atom. The van der Waals surface area contributed by atoms with Crippen LogP contribution >= 0.6 is 0 Å². The molecule has 0 spiro atoms. The first-order chi connectivity index (χ1) is 25.2. The molecule has 5 aliphatic carbocycles. The van der Waals surface area contributed by atoms with E-state index in [0.29, 0.717) is 35.9 Å². The van der Waals surface area contributed by atoms with Gasteiger partial charge in [-0.15, -0.1) is 0 Å². The van der Waals surface area contributed by atoms with Crippen LogP contribution in [0.15, 0.2) is 41.5 Å². The molecule has 5 aliphatic rings. The number of likely N-dealkylation sites (N-methyl/N-ethyl adjacent to an activating group) is 1. The summed E-state index contributed by atoms with van der Waals surface area (Å²) in [5.41, 5.74) is 3.08. The molecule has 0 aliphatic heterocycles. The highest BCUT2D eigenvalue weighted by molar-refractivity contribution is 6.00. The molecule has 7 nitrogen and oxygen atoms in total. The van der Waals surface area contributed by atoms with Crippen molar-refractivity contribution in [1.29, 1.82) is 0 Å². The molecule has 0 amide bonds. The van der Waals surface area contributed by atoms with Gasteiger partial charge in [-0.25, -0.2) is 0 Å². The third-order valence-electron chi connectivity index (χ3n) is 16.2. The molecule has 0 heterocycles. The predicted octanol–water partition coefficient (Wildman–Crippen LogP) is 9.44. The van der Waals surface area contributed by atoms with Crippen molar-refractivity contribution < 1.29 is 24.2 Å². The summed E-state index contributed by atoms with van der Waals surface area (Å²) in [6.45, 7) is 21.5. The van der Waals surface area contributed by atoms with Crippen molar-refractivity contribution in [3.8, 4) is 0 Å². The molecule has 6 rings (SSSR count). The number of hydrogen-bond acceptors (Lipinski definition) is 6. The Hall–Kier alpha value is -2.51. The predicted molar refractivity (Wildman–Crippen MR) is 216 cm³/mol.